The molecule has 0 bridgehead atoms. The summed E-state index contributed by atoms with van der Waals surface area (Å²) in [6.07, 6.45) is 7.62. The van der Waals surface area contributed by atoms with Crippen LogP contribution < -0.4 is 0 Å². The van der Waals surface area contributed by atoms with E-state index in [4.69, 9.17) is 4.74 Å². The highest BCUT2D eigenvalue weighted by Crippen LogP contribution is 2.24. The zero-order valence-electron chi connectivity index (χ0n) is 15.2. The minimum absolute atomic E-state index is 0.0316. The zero-order chi connectivity index (χ0) is 19.1. The van der Waals surface area contributed by atoms with Crippen LogP contribution in [0.4, 0.5) is 0 Å². The average molecular weight is 388 g/mol. The number of benzene rings is 1. The molecule has 2 aromatic rings. The van der Waals surface area contributed by atoms with Crippen LogP contribution in [-0.2, 0) is 21.2 Å². The van der Waals surface area contributed by atoms with Crippen molar-refractivity contribution in [2.24, 2.45) is 0 Å². The molecule has 1 saturated heterocycles. The molecule has 2 heterocycles. The second-order valence-corrected chi connectivity index (χ2v) is 8.47. The molecule has 1 fully saturated rings. The maximum absolute atomic E-state index is 12.9. The van der Waals surface area contributed by atoms with Gasteiger partial charge in [0.25, 0.3) is 0 Å². The van der Waals surface area contributed by atoms with Crippen LogP contribution in [0.25, 0.3) is 0 Å². The first kappa shape index (κ1) is 19.5. The van der Waals surface area contributed by atoms with Crippen LogP contribution in [0.2, 0.25) is 0 Å². The van der Waals surface area contributed by atoms with E-state index in [1.807, 2.05) is 12.1 Å². The van der Waals surface area contributed by atoms with E-state index in [0.717, 1.165) is 31.2 Å². The van der Waals surface area contributed by atoms with Crippen LogP contribution in [0.3, 0.4) is 0 Å². The maximum atomic E-state index is 12.9. The van der Waals surface area contributed by atoms with Crippen LogP contribution in [-0.4, -0.2) is 43.4 Å². The van der Waals surface area contributed by atoms with Gasteiger partial charge >= 0.3 is 5.97 Å². The lowest BCUT2D eigenvalue weighted by atomic mass is 10.2. The Kier molecular flexibility index (Phi) is 6.58. The fourth-order valence-corrected chi connectivity index (χ4v) is 4.87. The number of carbonyl (C=O) groups is 1. The number of nitrogens with zero attached hydrogens (tertiary/aromatic N) is 2. The molecule has 1 aromatic heterocycles. The third-order valence-corrected chi connectivity index (χ3v) is 6.56. The number of hydrogen-bond donors (Lipinski definition) is 0. The van der Waals surface area contributed by atoms with E-state index in [0.29, 0.717) is 19.5 Å². The van der Waals surface area contributed by atoms with Crippen LogP contribution in [0.15, 0.2) is 53.7 Å². The lowest BCUT2D eigenvalue weighted by Gasteiger charge is -2.26. The molecule has 0 atom stereocenters. The summed E-state index contributed by atoms with van der Waals surface area (Å²) in [5, 5.41) is 0. The van der Waals surface area contributed by atoms with Crippen molar-refractivity contribution < 1.29 is 17.9 Å². The number of esters is 1. The van der Waals surface area contributed by atoms with Crippen molar-refractivity contribution in [2.45, 2.75) is 37.0 Å². The summed E-state index contributed by atoms with van der Waals surface area (Å²) in [6, 6.07) is 10.1. The first-order valence-corrected chi connectivity index (χ1v) is 10.7. The number of sulfonamides is 1. The van der Waals surface area contributed by atoms with Crippen LogP contribution in [0, 0.1) is 0 Å². The molecule has 0 spiro atoms. The van der Waals surface area contributed by atoms with Crippen molar-refractivity contribution in [3.8, 4) is 0 Å². The van der Waals surface area contributed by atoms with Gasteiger partial charge in [0.15, 0.2) is 0 Å². The molecule has 0 radical (unpaired) electrons. The van der Waals surface area contributed by atoms with Gasteiger partial charge in [-0.1, -0.05) is 24.6 Å². The van der Waals surface area contributed by atoms with Crippen molar-refractivity contribution in [1.29, 1.82) is 0 Å². The average Bonchev–Trinajstić information content (AvgIpc) is 2.72. The highest BCUT2D eigenvalue weighted by atomic mass is 32.2. The van der Waals surface area contributed by atoms with Gasteiger partial charge in [-0.05, 0) is 49.4 Å². The Morgan fingerprint density at radius 2 is 1.85 bits per heavy atom. The molecule has 7 heteroatoms. The van der Waals surface area contributed by atoms with Crippen molar-refractivity contribution in [2.75, 3.05) is 19.7 Å². The Labute approximate surface area is 160 Å². The lowest BCUT2D eigenvalue weighted by molar-refractivity contribution is 0.0496. The Morgan fingerprint density at radius 3 is 2.59 bits per heavy atom. The predicted octanol–water partition coefficient (Wildman–Crippen LogP) is 3.05. The second kappa shape index (κ2) is 9.10. The fourth-order valence-electron chi connectivity index (χ4n) is 3.17. The van der Waals surface area contributed by atoms with E-state index in [-0.39, 0.29) is 17.1 Å². The van der Waals surface area contributed by atoms with Crippen LogP contribution in [0.1, 0.15) is 41.6 Å². The minimum Gasteiger partial charge on any atom is -0.462 e. The van der Waals surface area contributed by atoms with Crippen molar-refractivity contribution in [1.82, 2.24) is 9.29 Å². The van der Waals surface area contributed by atoms with Crippen molar-refractivity contribution >= 4 is 16.0 Å². The summed E-state index contributed by atoms with van der Waals surface area (Å²) >= 11 is 0. The summed E-state index contributed by atoms with van der Waals surface area (Å²) in [5.74, 6) is -0.600. The molecule has 0 N–H and O–H groups in total. The van der Waals surface area contributed by atoms with Gasteiger partial charge in [0.05, 0.1) is 17.1 Å². The number of aromatic nitrogens is 1. The quantitative estimate of drug-likeness (QED) is 0.538. The molecule has 144 valence electrons. The fraction of sp³-hybridized carbons (Fsp3) is 0.400. The normalized spacial score (nSPS) is 15.4. The third kappa shape index (κ3) is 4.93. The number of rotatable bonds is 7. The van der Waals surface area contributed by atoms with Gasteiger partial charge in [-0.2, -0.15) is 4.31 Å². The van der Waals surface area contributed by atoms with Gasteiger partial charge in [0.2, 0.25) is 10.0 Å². The van der Waals surface area contributed by atoms with E-state index in [2.05, 4.69) is 4.98 Å². The summed E-state index contributed by atoms with van der Waals surface area (Å²) in [4.78, 5) is 16.6. The lowest BCUT2D eigenvalue weighted by Crippen LogP contribution is -2.36. The first-order chi connectivity index (χ1) is 13.1. The van der Waals surface area contributed by atoms with Gasteiger partial charge in [0, 0.05) is 25.5 Å². The number of carbonyl (C=O) groups excluding carboxylic acids is 1. The zero-order valence-corrected chi connectivity index (χ0v) is 16.0. The van der Waals surface area contributed by atoms with E-state index in [1.54, 1.807) is 24.5 Å². The Hall–Kier alpha value is -2.25. The SMILES string of the molecule is O=C(OCCCc1cccnc1)c1ccccc1S(=O)(=O)N1CCCCC1. The molecular formula is C20H24N2O4S. The number of ether oxygens (including phenoxy) is 1. The van der Waals surface area contributed by atoms with Gasteiger partial charge in [0.1, 0.15) is 0 Å². The molecule has 0 aliphatic carbocycles. The predicted molar refractivity (Wildman–Crippen MR) is 102 cm³/mol. The van der Waals surface area contributed by atoms with E-state index in [9.17, 15) is 13.2 Å². The molecular weight excluding hydrogens is 364 g/mol. The van der Waals surface area contributed by atoms with Gasteiger partial charge < -0.3 is 4.74 Å². The van der Waals surface area contributed by atoms with E-state index < -0.39 is 16.0 Å². The number of hydrogen-bond acceptors (Lipinski definition) is 5. The van der Waals surface area contributed by atoms with Gasteiger partial charge in [-0.3, -0.25) is 4.98 Å². The molecule has 3 rings (SSSR count). The standard InChI is InChI=1S/C20H24N2O4S/c23-20(26-15-7-9-17-8-6-12-21-16-17)18-10-2-3-11-19(18)27(24,25)22-13-4-1-5-14-22/h2-3,6,8,10-12,16H,1,4-5,7,9,13-15H2. The van der Waals surface area contributed by atoms with Gasteiger partial charge in [-0.15, -0.1) is 0 Å². The maximum Gasteiger partial charge on any atom is 0.339 e. The van der Waals surface area contributed by atoms with Gasteiger partial charge in [-0.25, -0.2) is 13.2 Å². The number of pyridine rings is 1. The molecule has 27 heavy (non-hydrogen) atoms. The topological polar surface area (TPSA) is 76.6 Å². The molecule has 1 aliphatic rings. The highest BCUT2D eigenvalue weighted by Gasteiger charge is 2.30. The smallest absolute Gasteiger partial charge is 0.339 e. The largest absolute Gasteiger partial charge is 0.462 e. The van der Waals surface area contributed by atoms with E-state index >= 15 is 0 Å². The van der Waals surface area contributed by atoms with Crippen LogP contribution in [0.5, 0.6) is 0 Å². The van der Waals surface area contributed by atoms with Crippen molar-refractivity contribution in [3.63, 3.8) is 0 Å². The van der Waals surface area contributed by atoms with E-state index in [1.165, 1.54) is 16.4 Å². The summed E-state index contributed by atoms with van der Waals surface area (Å²) in [7, 11) is -3.69. The summed E-state index contributed by atoms with van der Waals surface area (Å²) in [6.45, 7) is 1.22. The molecule has 0 amide bonds. The number of aryl methyl sites for hydroxylation is 1. The Morgan fingerprint density at radius 1 is 1.07 bits per heavy atom. The Balaban J connectivity index is 1.65. The van der Waals surface area contributed by atoms with Crippen LogP contribution >= 0.6 is 0 Å². The number of piperidine rings is 1. The molecule has 0 unspecified atom stereocenters. The minimum atomic E-state index is -3.69. The van der Waals surface area contributed by atoms with Crippen molar-refractivity contribution in [3.05, 3.63) is 59.9 Å². The molecule has 0 saturated carbocycles. The third-order valence-electron chi connectivity index (χ3n) is 4.61. The Bertz CT molecular complexity index is 863. The molecule has 6 nitrogen and oxygen atoms in total. The first-order valence-electron chi connectivity index (χ1n) is 9.24. The molecule has 1 aromatic carbocycles. The monoisotopic (exact) mass is 388 g/mol. The molecule has 1 aliphatic heterocycles. The second-order valence-electron chi connectivity index (χ2n) is 6.56. The summed E-state index contributed by atoms with van der Waals surface area (Å²) < 4.78 is 32.7. The summed E-state index contributed by atoms with van der Waals surface area (Å²) in [5.41, 5.74) is 1.17. The highest BCUT2D eigenvalue weighted by molar-refractivity contribution is 7.89.